The SMILES string of the molecule is C=CCCC(=O)NC[C@H](OC(=O)[C@@H]1[C@H]2O[C@@]3(CC2Br)[C@H](C(=O)N(CC=C)CCCC)N([C@@H](CO)Cc2ccccc2)C(=O)[C@@H]13)c1ccccc1. The van der Waals surface area contributed by atoms with Crippen LogP contribution in [0.3, 0.4) is 0 Å². The number of carbonyl (C=O) groups is 4. The zero-order valence-electron chi connectivity index (χ0n) is 28.6. The lowest BCUT2D eigenvalue weighted by Gasteiger charge is -2.39. The number of fused-ring (bicyclic) bond motifs is 1. The van der Waals surface area contributed by atoms with Gasteiger partial charge in [-0.3, -0.25) is 19.2 Å². The number of hydrogen-bond acceptors (Lipinski definition) is 7. The summed E-state index contributed by atoms with van der Waals surface area (Å²) >= 11 is 3.74. The fourth-order valence-electron chi connectivity index (χ4n) is 7.76. The van der Waals surface area contributed by atoms with Gasteiger partial charge < -0.3 is 29.7 Å². The number of esters is 1. The lowest BCUT2D eigenvalue weighted by Crippen LogP contribution is -2.59. The van der Waals surface area contributed by atoms with Gasteiger partial charge in [-0.2, -0.15) is 0 Å². The van der Waals surface area contributed by atoms with Crippen LogP contribution >= 0.6 is 15.9 Å². The predicted octanol–water partition coefficient (Wildman–Crippen LogP) is 4.52. The molecule has 3 aliphatic heterocycles. The molecule has 1 unspecified atom stereocenters. The Kier molecular flexibility index (Phi) is 12.7. The van der Waals surface area contributed by atoms with Crippen LogP contribution in [0.1, 0.15) is 56.3 Å². The molecule has 50 heavy (non-hydrogen) atoms. The zero-order chi connectivity index (χ0) is 35.8. The van der Waals surface area contributed by atoms with E-state index in [4.69, 9.17) is 9.47 Å². The number of nitrogens with one attached hydrogen (secondary N) is 1. The van der Waals surface area contributed by atoms with Crippen LogP contribution in [-0.4, -0.2) is 93.5 Å². The van der Waals surface area contributed by atoms with Gasteiger partial charge in [0.1, 0.15) is 17.7 Å². The average molecular weight is 751 g/mol. The molecule has 2 bridgehead atoms. The third kappa shape index (κ3) is 7.60. The summed E-state index contributed by atoms with van der Waals surface area (Å²) in [5.74, 6) is -3.58. The van der Waals surface area contributed by atoms with E-state index in [1.54, 1.807) is 17.1 Å². The number of benzene rings is 2. The summed E-state index contributed by atoms with van der Waals surface area (Å²) in [6.07, 6.45) is 4.80. The van der Waals surface area contributed by atoms with Gasteiger partial charge in [-0.05, 0) is 36.8 Å². The van der Waals surface area contributed by atoms with Gasteiger partial charge in [0.15, 0.2) is 0 Å². The number of nitrogens with zero attached hydrogens (tertiary/aromatic N) is 2. The molecule has 2 N–H and O–H groups in total. The maximum absolute atomic E-state index is 14.8. The van der Waals surface area contributed by atoms with Gasteiger partial charge in [0.05, 0.1) is 37.1 Å². The highest BCUT2D eigenvalue weighted by Gasteiger charge is 2.77. The van der Waals surface area contributed by atoms with Crippen molar-refractivity contribution in [2.45, 2.75) is 80.2 Å². The third-order valence-electron chi connectivity index (χ3n) is 10.1. The highest BCUT2D eigenvalue weighted by Crippen LogP contribution is 2.61. The van der Waals surface area contributed by atoms with Crippen LogP contribution in [0.5, 0.6) is 0 Å². The van der Waals surface area contributed by atoms with Crippen LogP contribution in [0.25, 0.3) is 0 Å². The number of amides is 3. The number of ether oxygens (including phenoxy) is 2. The molecule has 0 saturated carbocycles. The molecule has 2 aromatic carbocycles. The summed E-state index contributed by atoms with van der Waals surface area (Å²) in [6, 6.07) is 16.8. The second-order valence-electron chi connectivity index (χ2n) is 13.3. The average Bonchev–Trinajstić information content (AvgIpc) is 3.73. The van der Waals surface area contributed by atoms with Crippen LogP contribution in [0.4, 0.5) is 0 Å². The monoisotopic (exact) mass is 749 g/mol. The van der Waals surface area contributed by atoms with E-state index in [0.29, 0.717) is 31.4 Å². The van der Waals surface area contributed by atoms with Crippen molar-refractivity contribution in [3.8, 4) is 0 Å². The van der Waals surface area contributed by atoms with Crippen molar-refractivity contribution in [1.82, 2.24) is 15.1 Å². The Morgan fingerprint density at radius 1 is 1.14 bits per heavy atom. The molecule has 3 saturated heterocycles. The zero-order valence-corrected chi connectivity index (χ0v) is 30.2. The van der Waals surface area contributed by atoms with Gasteiger partial charge in [-0.15, -0.1) is 13.2 Å². The first-order chi connectivity index (χ1) is 24.2. The molecular weight excluding hydrogens is 702 g/mol. The van der Waals surface area contributed by atoms with E-state index in [1.165, 1.54) is 4.90 Å². The molecule has 0 aromatic heterocycles. The third-order valence-corrected chi connectivity index (χ3v) is 10.9. The van der Waals surface area contributed by atoms with Crippen LogP contribution in [0.2, 0.25) is 0 Å². The number of halogens is 1. The van der Waals surface area contributed by atoms with E-state index in [1.807, 2.05) is 67.6 Å². The second-order valence-corrected chi connectivity index (χ2v) is 14.5. The molecule has 268 valence electrons. The predicted molar refractivity (Wildman–Crippen MR) is 193 cm³/mol. The molecule has 8 atom stereocenters. The molecule has 10 nitrogen and oxygen atoms in total. The Morgan fingerprint density at radius 3 is 2.48 bits per heavy atom. The van der Waals surface area contributed by atoms with Crippen molar-refractivity contribution in [3.05, 3.63) is 97.1 Å². The molecule has 0 aliphatic carbocycles. The molecule has 0 radical (unpaired) electrons. The normalized spacial score (nSPS) is 26.2. The van der Waals surface area contributed by atoms with Crippen molar-refractivity contribution in [1.29, 1.82) is 0 Å². The van der Waals surface area contributed by atoms with Crippen molar-refractivity contribution in [3.63, 3.8) is 0 Å². The maximum atomic E-state index is 14.8. The lowest BCUT2D eigenvalue weighted by atomic mass is 9.70. The van der Waals surface area contributed by atoms with Crippen LogP contribution in [0, 0.1) is 11.8 Å². The molecule has 2 aromatic rings. The lowest BCUT2D eigenvalue weighted by molar-refractivity contribution is -0.161. The quantitative estimate of drug-likeness (QED) is 0.131. The van der Waals surface area contributed by atoms with E-state index >= 15 is 0 Å². The minimum Gasteiger partial charge on any atom is -0.455 e. The molecule has 3 fully saturated rings. The topological polar surface area (TPSA) is 125 Å². The number of unbranched alkanes of at least 4 members (excludes halogenated alkanes) is 1. The molecule has 3 aliphatic rings. The fourth-order valence-corrected chi connectivity index (χ4v) is 8.70. The van der Waals surface area contributed by atoms with Gasteiger partial charge in [0, 0.05) is 24.3 Å². The summed E-state index contributed by atoms with van der Waals surface area (Å²) in [7, 11) is 0. The van der Waals surface area contributed by atoms with Crippen molar-refractivity contribution in [2.75, 3.05) is 26.2 Å². The molecule has 3 amide bonds. The standard InChI is InChI=1S/C39H48BrN3O7/c1-4-7-19-31(45)41-24-30(27-17-13-10-14-18-27)49-38(48)32-33-36(46)43(28(25-44)22-26-15-11-9-12-16-26)35(39(33)23-29(40)34(32)50-39)37(47)42(20-6-3)21-8-5-2/h4,6,9-18,28-30,32-35,44H,1,3,5,7-8,19-25H2,2H3,(H,41,45)/t28-,29?,30+,32+,33-,34+,35+,39-/m1/s1. The van der Waals surface area contributed by atoms with Crippen LogP contribution < -0.4 is 5.32 Å². The Balaban J connectivity index is 1.51. The number of allylic oxidation sites excluding steroid dienone is 1. The molecule has 11 heteroatoms. The second kappa shape index (κ2) is 16.9. The van der Waals surface area contributed by atoms with Gasteiger partial charge in [0.25, 0.3) is 0 Å². The first kappa shape index (κ1) is 37.5. The Hall–Kier alpha value is -3.80. The Morgan fingerprint density at radius 2 is 1.84 bits per heavy atom. The van der Waals surface area contributed by atoms with Crippen LogP contribution in [0.15, 0.2) is 86.0 Å². The number of carbonyl (C=O) groups excluding carboxylic acids is 4. The molecule has 1 spiro atoms. The minimum atomic E-state index is -1.33. The van der Waals surface area contributed by atoms with Crippen LogP contribution in [-0.2, 0) is 35.1 Å². The summed E-state index contributed by atoms with van der Waals surface area (Å²) in [5, 5.41) is 13.7. The first-order valence-corrected chi connectivity index (χ1v) is 18.4. The maximum Gasteiger partial charge on any atom is 0.313 e. The summed E-state index contributed by atoms with van der Waals surface area (Å²) < 4.78 is 12.9. The van der Waals surface area contributed by atoms with Crippen molar-refractivity contribution < 1.29 is 33.8 Å². The number of aliphatic hydroxyl groups excluding tert-OH is 1. The van der Waals surface area contributed by atoms with Crippen molar-refractivity contribution >= 4 is 39.6 Å². The number of hydrogen-bond donors (Lipinski definition) is 2. The summed E-state index contributed by atoms with van der Waals surface area (Å²) in [5.41, 5.74) is 0.258. The molecule has 3 heterocycles. The van der Waals surface area contributed by atoms with E-state index in [-0.39, 0.29) is 42.8 Å². The fraction of sp³-hybridized carbons (Fsp3) is 0.487. The first-order valence-electron chi connectivity index (χ1n) is 17.5. The van der Waals surface area contributed by atoms with Gasteiger partial charge >= 0.3 is 5.97 Å². The van der Waals surface area contributed by atoms with Gasteiger partial charge in [-0.1, -0.05) is 102 Å². The van der Waals surface area contributed by atoms with Gasteiger partial charge in [0.2, 0.25) is 17.7 Å². The molecule has 5 rings (SSSR count). The van der Waals surface area contributed by atoms with Crippen molar-refractivity contribution in [2.24, 2.45) is 11.8 Å². The Bertz CT molecular complexity index is 1520. The van der Waals surface area contributed by atoms with E-state index in [0.717, 1.165) is 18.4 Å². The summed E-state index contributed by atoms with van der Waals surface area (Å²) in [6.45, 7) is 9.98. The number of rotatable bonds is 18. The van der Waals surface area contributed by atoms with E-state index in [9.17, 15) is 24.3 Å². The molecular formula is C39H48BrN3O7. The highest BCUT2D eigenvalue weighted by molar-refractivity contribution is 9.09. The van der Waals surface area contributed by atoms with E-state index in [2.05, 4.69) is 34.4 Å². The number of alkyl halides is 1. The minimum absolute atomic E-state index is 0.0380. The highest BCUT2D eigenvalue weighted by atomic mass is 79.9. The largest absolute Gasteiger partial charge is 0.455 e. The number of aliphatic hydroxyl groups is 1. The Labute approximate surface area is 303 Å². The summed E-state index contributed by atoms with van der Waals surface area (Å²) in [4.78, 5) is 59.3. The van der Waals surface area contributed by atoms with Gasteiger partial charge in [-0.25, -0.2) is 0 Å². The smallest absolute Gasteiger partial charge is 0.313 e. The van der Waals surface area contributed by atoms with E-state index < -0.39 is 53.6 Å². The number of likely N-dealkylation sites (tertiary alicyclic amines) is 1.